The second kappa shape index (κ2) is 51.1. The average molecular weight is 1970 g/mol. The van der Waals surface area contributed by atoms with E-state index in [1.165, 1.54) is 164 Å². The lowest BCUT2D eigenvalue weighted by Crippen LogP contribution is -2.68. The first-order valence-corrected chi connectivity index (χ1v) is 46.2. The maximum atomic E-state index is 14.6. The van der Waals surface area contributed by atoms with Gasteiger partial charge in [-0.2, -0.15) is 0 Å². The lowest BCUT2D eigenvalue weighted by molar-refractivity contribution is -0.146. The number of benzene rings is 1. The van der Waals surface area contributed by atoms with Gasteiger partial charge < -0.3 is 128 Å². The smallest absolute Gasteiger partial charge is 0.303 e. The summed E-state index contributed by atoms with van der Waals surface area (Å²) < 4.78 is 0. The number of rotatable bonds is 55. The maximum absolute atomic E-state index is 14.6. The molecule has 1 fully saturated rings. The van der Waals surface area contributed by atoms with Crippen LogP contribution in [-0.4, -0.2) is 281 Å². The molecule has 0 aromatic heterocycles. The van der Waals surface area contributed by atoms with E-state index in [4.69, 9.17) is 11.5 Å². The fourth-order valence-electron chi connectivity index (χ4n) is 13.8. The molecular formula is C92H152N22O25. The number of carboxylic acids is 1. The Balaban J connectivity index is 2.20. The van der Waals surface area contributed by atoms with Crippen LogP contribution < -0.4 is 112 Å². The number of nitrogens with two attached hydrogens (primary N) is 2. The van der Waals surface area contributed by atoms with E-state index in [0.29, 0.717) is 6.42 Å². The minimum absolute atomic E-state index is 0.00104. The van der Waals surface area contributed by atoms with E-state index < -0.39 is 290 Å². The number of amides is 22. The Kier molecular flexibility index (Phi) is 44.8. The summed E-state index contributed by atoms with van der Waals surface area (Å²) in [5, 5.41) is 68.0. The van der Waals surface area contributed by atoms with E-state index in [1.807, 2.05) is 0 Å². The minimum atomic E-state index is -1.93. The number of likely N-dealkylation sites (tertiary alicyclic amines) is 1. The van der Waals surface area contributed by atoms with Crippen LogP contribution in [0.4, 0.5) is 0 Å². The van der Waals surface area contributed by atoms with Gasteiger partial charge in [-0.1, -0.05) is 71.9 Å². The summed E-state index contributed by atoms with van der Waals surface area (Å²) in [6.07, 6.45) is -2.52. The second-order valence-corrected chi connectivity index (χ2v) is 40.7. The van der Waals surface area contributed by atoms with E-state index >= 15 is 0 Å². The van der Waals surface area contributed by atoms with Gasteiger partial charge in [-0.05, 0) is 214 Å². The van der Waals surface area contributed by atoms with E-state index in [1.54, 1.807) is 58.0 Å². The number of hydrogen-bond acceptors (Lipinski definition) is 24. The molecule has 22 amide bonds. The number of aliphatic hydroxyl groups is 1. The lowest BCUT2D eigenvalue weighted by atomic mass is 9.92. The Morgan fingerprint density at radius 3 is 1.24 bits per heavy atom. The third kappa shape index (κ3) is 38.0. The van der Waals surface area contributed by atoms with E-state index in [-0.39, 0.29) is 57.4 Å². The van der Waals surface area contributed by atoms with Crippen molar-refractivity contribution < 1.29 is 120 Å². The van der Waals surface area contributed by atoms with Crippen LogP contribution in [0.1, 0.15) is 263 Å². The van der Waals surface area contributed by atoms with E-state index in [0.717, 1.165) is 5.56 Å². The molecule has 1 heterocycles. The van der Waals surface area contributed by atoms with Crippen LogP contribution in [-0.2, 0) is 117 Å². The molecule has 0 radical (unpaired) electrons. The molecule has 2 rings (SSSR count). The highest BCUT2D eigenvalue weighted by Crippen LogP contribution is 2.26. The zero-order valence-electron chi connectivity index (χ0n) is 85.2. The number of nitrogens with zero attached hydrogens (tertiary/aromatic N) is 1. The fourth-order valence-corrected chi connectivity index (χ4v) is 13.8. The Labute approximate surface area is 811 Å². The number of carboxylic acid groups (broad SMARTS) is 1. The molecule has 0 saturated carbocycles. The molecule has 0 aliphatic carbocycles. The predicted molar refractivity (Wildman–Crippen MR) is 507 cm³/mol. The zero-order valence-corrected chi connectivity index (χ0v) is 85.2. The third-order valence-electron chi connectivity index (χ3n) is 23.3. The Morgan fingerprint density at radius 2 is 0.784 bits per heavy atom. The normalized spacial score (nSPS) is 15.7. The highest BCUT2D eigenvalue weighted by molar-refractivity contribution is 6.05. The van der Waals surface area contributed by atoms with Crippen molar-refractivity contribution in [3.63, 3.8) is 0 Å². The molecule has 11 atom stereocenters. The van der Waals surface area contributed by atoms with Crippen LogP contribution in [0.25, 0.3) is 0 Å². The van der Waals surface area contributed by atoms with Gasteiger partial charge in [0.05, 0.1) is 19.2 Å². The third-order valence-corrected chi connectivity index (χ3v) is 23.3. The van der Waals surface area contributed by atoms with Gasteiger partial charge in [-0.3, -0.25) is 110 Å². The highest BCUT2D eigenvalue weighted by Gasteiger charge is 2.49. The number of carbonyl (C=O) groups excluding carboxylic acids is 22. The van der Waals surface area contributed by atoms with Crippen molar-refractivity contribution in [3.8, 4) is 0 Å². The van der Waals surface area contributed by atoms with Crippen LogP contribution >= 0.6 is 0 Å². The summed E-state index contributed by atoms with van der Waals surface area (Å²) in [4.78, 5) is 314. The van der Waals surface area contributed by atoms with Gasteiger partial charge >= 0.3 is 5.97 Å². The molecule has 139 heavy (non-hydrogen) atoms. The van der Waals surface area contributed by atoms with Crippen molar-refractivity contribution in [2.75, 3.05) is 19.7 Å². The first-order valence-electron chi connectivity index (χ1n) is 46.2. The quantitative estimate of drug-likeness (QED) is 0.0296. The van der Waals surface area contributed by atoms with E-state index in [2.05, 4.69) is 101 Å². The van der Waals surface area contributed by atoms with Crippen LogP contribution in [0.3, 0.4) is 0 Å². The molecule has 1 saturated heterocycles. The van der Waals surface area contributed by atoms with Crippen LogP contribution in [0.15, 0.2) is 30.3 Å². The molecule has 1 aromatic rings. The Bertz CT molecular complexity index is 4700. The molecular weight excluding hydrogens is 1810 g/mol. The van der Waals surface area contributed by atoms with Crippen molar-refractivity contribution in [2.24, 2.45) is 23.3 Å². The summed E-state index contributed by atoms with van der Waals surface area (Å²) in [6.45, 7) is 35.9. The molecule has 11 unspecified atom stereocenters. The van der Waals surface area contributed by atoms with Gasteiger partial charge in [-0.25, -0.2) is 0 Å². The number of carbonyl (C=O) groups is 23. The summed E-state index contributed by atoms with van der Waals surface area (Å²) in [7, 11) is 0. The maximum Gasteiger partial charge on any atom is 0.303 e. The SMILES string of the molecule is CCC(C)(NC(=O)C(C)(C)NC(=O)C(NC(=O)C1CCCN1C(=O)C(C)(C)NC(=O)C(CC(C)C)NC(=O)CNC(=O)C(C)(C)NC(=O)C(C)(CC)NC(=O)C(C)(C)NC(=O)C(CCC(N)=O)NC(=O)C(C)(C)NC(=O)C(C)(C)NC(=O)C(C)NC(=O)C(C)(C)NC(=O)C(C)NC(=O)C(C)(C)NC(C)=O)C(C)C)C(=O)NC(CCC(=O)O)C(=O)NC(CCC(N)=O)C(=O)NC(CO)Cc1ccccc1. The van der Waals surface area contributed by atoms with Gasteiger partial charge in [0.1, 0.15) is 104 Å². The second-order valence-electron chi connectivity index (χ2n) is 40.7. The number of aliphatic hydroxyl groups excluding tert-OH is 1. The van der Waals surface area contributed by atoms with Gasteiger partial charge in [0, 0.05) is 32.7 Å². The monoisotopic (exact) mass is 1970 g/mol. The summed E-state index contributed by atoms with van der Waals surface area (Å²) >= 11 is 0. The first kappa shape index (κ1) is 122. The molecule has 1 aromatic carbocycles. The highest BCUT2D eigenvalue weighted by atomic mass is 16.4. The molecule has 1 aliphatic heterocycles. The van der Waals surface area contributed by atoms with Crippen molar-refractivity contribution in [2.45, 2.75) is 374 Å². The first-order chi connectivity index (χ1) is 63.5. The topological polar surface area (TPSA) is 717 Å². The van der Waals surface area contributed by atoms with Gasteiger partial charge in [0.2, 0.25) is 130 Å². The van der Waals surface area contributed by atoms with Gasteiger partial charge in [0.25, 0.3) is 0 Å². The molecule has 0 bridgehead atoms. The molecule has 1 aliphatic rings. The molecule has 47 heteroatoms. The minimum Gasteiger partial charge on any atom is -0.481 e. The van der Waals surface area contributed by atoms with Crippen molar-refractivity contribution >= 4 is 136 Å². The molecule has 780 valence electrons. The van der Waals surface area contributed by atoms with Crippen molar-refractivity contribution in [1.29, 1.82) is 0 Å². The molecule has 0 spiro atoms. The average Bonchev–Trinajstić information content (AvgIpc) is 1.78. The summed E-state index contributed by atoms with van der Waals surface area (Å²) in [6, 6.07) is -3.21. The predicted octanol–water partition coefficient (Wildman–Crippen LogP) is -3.91. The summed E-state index contributed by atoms with van der Waals surface area (Å²) in [5.41, 5.74) is -6.33. The van der Waals surface area contributed by atoms with Gasteiger partial charge in [0.15, 0.2) is 0 Å². The number of aliphatic carboxylic acids is 1. The molecule has 25 N–H and O–H groups in total. The van der Waals surface area contributed by atoms with Crippen LogP contribution in [0.5, 0.6) is 0 Å². The van der Waals surface area contributed by atoms with Crippen molar-refractivity contribution in [3.05, 3.63) is 35.9 Å². The Morgan fingerprint density at radius 1 is 0.403 bits per heavy atom. The fraction of sp³-hybridized carbons (Fsp3) is 0.685. The number of hydrogen-bond donors (Lipinski definition) is 23. The van der Waals surface area contributed by atoms with Crippen LogP contribution in [0, 0.1) is 11.8 Å². The number of primary amides is 2. The van der Waals surface area contributed by atoms with Crippen molar-refractivity contribution in [1.82, 2.24) is 106 Å². The van der Waals surface area contributed by atoms with Crippen LogP contribution in [0.2, 0.25) is 0 Å². The largest absolute Gasteiger partial charge is 0.481 e. The Hall–Kier alpha value is -13.0. The lowest BCUT2D eigenvalue weighted by Gasteiger charge is -2.37. The van der Waals surface area contributed by atoms with E-state index in [9.17, 15) is 120 Å². The standard InChI is InChI=1S/C92H152N22O25/c1-28-91(26,80(137)102-56(39-42-63(120)121)68(125)100-55(37-40-60(93)117)67(124)98-54(47-115)45-53-34-31-30-32-35-53)112-79(136)89(22,23)109-72(129)64(49(5)6)103-71(128)59-36-33-43-114(59)82(139)90(24,25)108-70(127)58(44-48(3)4)99-62(119)46-95-73(130)83(10,11)111-81(138)92(27,29-2)113-78(135)88(20,21)107-69(126)57(38-41-61(94)118)101-76(133)86(16,17)110-77(134)87(18,19)106-66(123)51(8)97-75(132)85(14,15)105-65(122)50(7)96-74(131)84(12,13)104-52(9)116/h30-32,34-35,48-51,54-59,64,115H,28-29,33,36-47H2,1-27H3,(H2,93,117)(H2,94,118)(H,95,130)(H,96,131)(H,97,132)(H,98,124)(H,99,119)(H,100,125)(H,101,133)(H,102,137)(H,103,128)(H,104,116)(H,105,122)(H,106,123)(H,107,126)(H,108,127)(H,109,129)(H,110,134)(H,111,138)(H,112,136)(H,113,135)(H,120,121). The molecule has 47 nitrogen and oxygen atoms in total. The summed E-state index contributed by atoms with van der Waals surface area (Å²) in [5.74, 6) is -21.4. The number of nitrogens with one attached hydrogen (secondary N) is 19. The zero-order chi connectivity index (χ0) is 107. The van der Waals surface area contributed by atoms with Gasteiger partial charge in [-0.15, -0.1) is 0 Å².